The van der Waals surface area contributed by atoms with Gasteiger partial charge in [-0.3, -0.25) is 0 Å². The number of rotatable bonds is 13. The van der Waals surface area contributed by atoms with Crippen LogP contribution in [0.15, 0.2) is 358 Å². The predicted molar refractivity (Wildman–Crippen MR) is 378 cm³/mol. The van der Waals surface area contributed by atoms with E-state index >= 15 is 0 Å². The molecule has 90 heavy (non-hydrogen) atoms. The smallest absolute Gasteiger partial charge is 0.0714 e. The van der Waals surface area contributed by atoms with Crippen LogP contribution in [0, 0.1) is 0 Å². The minimum absolute atomic E-state index is 0.543. The minimum atomic E-state index is -0.599. The summed E-state index contributed by atoms with van der Waals surface area (Å²) in [6.45, 7) is 0. The monoisotopic (exact) mass is 1170 g/mol. The molecule has 0 unspecified atom stereocenters. The highest BCUT2D eigenvalue weighted by molar-refractivity contribution is 7.26. The Morgan fingerprint density at radius 2 is 0.556 bits per heavy atom. The lowest BCUT2D eigenvalue weighted by Crippen LogP contribution is -2.28. The number of hydrogen-bond acceptors (Lipinski definition) is 4. The zero-order chi connectivity index (χ0) is 59.6. The maximum Gasteiger partial charge on any atom is 0.0714 e. The first-order chi connectivity index (χ1) is 44.7. The molecule has 2 aliphatic rings. The van der Waals surface area contributed by atoms with Crippen LogP contribution < -0.4 is 14.7 Å². The molecule has 0 atom stereocenters. The van der Waals surface area contributed by atoms with E-state index in [0.717, 1.165) is 51.2 Å². The van der Waals surface area contributed by atoms with Crippen LogP contribution in [0.1, 0.15) is 44.5 Å². The normalized spacial score (nSPS) is 13.1. The Bertz CT molecular complexity index is 4960. The zero-order valence-corrected chi connectivity index (χ0v) is 50.1. The molecule has 2 aliphatic carbocycles. The van der Waals surface area contributed by atoms with Gasteiger partial charge in [-0.15, -0.1) is 11.3 Å². The SMILES string of the molecule is c1ccc(N(c2ccccc2)c2cc(N(c3ccccc3)c3ccccc3)c3c(c2)sc2cc(N(c4ccc5c(c4)-c4ccccc4C5(c4ccccc4)c4ccccc4)c4ccc5c(c4)C(c4ccccc4)(c4ccccc4)c4ccccc4-5)ccc23)cc1. The molecule has 1 heterocycles. The molecule has 0 aliphatic heterocycles. The summed E-state index contributed by atoms with van der Waals surface area (Å²) in [6.07, 6.45) is 0. The molecule has 0 spiro atoms. The average molecular weight is 1170 g/mol. The van der Waals surface area contributed by atoms with E-state index in [1.165, 1.54) is 86.9 Å². The largest absolute Gasteiger partial charge is 0.310 e. The Morgan fingerprint density at radius 1 is 0.211 bits per heavy atom. The van der Waals surface area contributed by atoms with Crippen molar-refractivity contribution in [2.24, 2.45) is 0 Å². The molecular weight excluding hydrogens is 1110 g/mol. The van der Waals surface area contributed by atoms with Crippen molar-refractivity contribution in [1.82, 2.24) is 0 Å². The number of fused-ring (bicyclic) bond motifs is 9. The third-order valence-corrected chi connectivity index (χ3v) is 19.8. The van der Waals surface area contributed by atoms with E-state index in [0.29, 0.717) is 0 Å². The number of anilines is 9. The summed E-state index contributed by atoms with van der Waals surface area (Å²) in [7, 11) is 0. The molecule has 1 aromatic heterocycles. The third-order valence-electron chi connectivity index (χ3n) is 18.7. The van der Waals surface area contributed by atoms with E-state index in [-0.39, 0.29) is 0 Å². The zero-order valence-electron chi connectivity index (χ0n) is 49.3. The van der Waals surface area contributed by atoms with E-state index in [1.807, 2.05) is 11.3 Å². The molecule has 15 aromatic rings. The van der Waals surface area contributed by atoms with Crippen molar-refractivity contribution in [3.05, 3.63) is 402 Å². The van der Waals surface area contributed by atoms with Gasteiger partial charge in [0.15, 0.2) is 0 Å². The van der Waals surface area contributed by atoms with Gasteiger partial charge in [-0.2, -0.15) is 0 Å². The maximum absolute atomic E-state index is 2.53. The summed E-state index contributed by atoms with van der Waals surface area (Å²) in [4.78, 5) is 7.36. The fraction of sp³-hybridized carbons (Fsp3) is 0.0233. The Kier molecular flexibility index (Phi) is 12.9. The molecule has 0 radical (unpaired) electrons. The van der Waals surface area contributed by atoms with Gasteiger partial charge in [0.1, 0.15) is 0 Å². The van der Waals surface area contributed by atoms with E-state index in [4.69, 9.17) is 0 Å². The molecule has 0 N–H and O–H groups in total. The molecule has 0 bridgehead atoms. The van der Waals surface area contributed by atoms with Gasteiger partial charge < -0.3 is 14.7 Å². The molecule has 4 heteroatoms. The molecule has 3 nitrogen and oxygen atoms in total. The van der Waals surface area contributed by atoms with Gasteiger partial charge in [-0.1, -0.05) is 261 Å². The van der Waals surface area contributed by atoms with Crippen molar-refractivity contribution >= 4 is 82.7 Å². The van der Waals surface area contributed by atoms with Crippen LogP contribution >= 0.6 is 11.3 Å². The first kappa shape index (κ1) is 53.0. The summed E-state index contributed by atoms with van der Waals surface area (Å²) in [5.74, 6) is 0. The summed E-state index contributed by atoms with van der Waals surface area (Å²) in [6, 6.07) is 132. The van der Waals surface area contributed by atoms with Crippen LogP contribution in [0.3, 0.4) is 0 Å². The highest BCUT2D eigenvalue weighted by atomic mass is 32.1. The van der Waals surface area contributed by atoms with Crippen molar-refractivity contribution in [3.63, 3.8) is 0 Å². The molecule has 424 valence electrons. The lowest BCUT2D eigenvalue weighted by atomic mass is 9.67. The second kappa shape index (κ2) is 21.8. The Morgan fingerprint density at radius 3 is 1.06 bits per heavy atom. The van der Waals surface area contributed by atoms with Crippen molar-refractivity contribution < 1.29 is 0 Å². The van der Waals surface area contributed by atoms with Crippen molar-refractivity contribution in [2.75, 3.05) is 14.7 Å². The first-order valence-electron chi connectivity index (χ1n) is 31.0. The Labute approximate surface area is 529 Å². The second-order valence-corrected chi connectivity index (χ2v) is 24.6. The van der Waals surface area contributed by atoms with Crippen LogP contribution in [0.4, 0.5) is 51.2 Å². The van der Waals surface area contributed by atoms with Gasteiger partial charge in [0.05, 0.1) is 16.5 Å². The number of para-hydroxylation sites is 4. The lowest BCUT2D eigenvalue weighted by Gasteiger charge is -2.35. The summed E-state index contributed by atoms with van der Waals surface area (Å²) in [5.41, 5.74) is 23.6. The summed E-state index contributed by atoms with van der Waals surface area (Å²) >= 11 is 1.86. The fourth-order valence-corrected chi connectivity index (χ4v) is 16.3. The number of nitrogens with zero attached hydrogens (tertiary/aromatic N) is 3. The number of thiophene rings is 1. The van der Waals surface area contributed by atoms with E-state index in [1.54, 1.807) is 0 Å². The molecule has 0 fully saturated rings. The average Bonchev–Trinajstić information content (AvgIpc) is 1.54. The highest BCUT2D eigenvalue weighted by Crippen LogP contribution is 2.60. The van der Waals surface area contributed by atoms with Crippen LogP contribution in [0.5, 0.6) is 0 Å². The third kappa shape index (κ3) is 8.33. The van der Waals surface area contributed by atoms with E-state index in [2.05, 4.69) is 373 Å². The van der Waals surface area contributed by atoms with Gasteiger partial charge in [0.2, 0.25) is 0 Å². The molecular formula is C86H59N3S. The molecule has 0 amide bonds. The standard InChI is InChI=1S/C86H59N3S/c1-9-29-60(30-10-1)85(61-31-11-2-12-32-61)78-48-28-26-46-73(78)76-55-68(51-54-79(76)85)88(69-49-52-74-72-45-25-27-47-77(72)86(80(74)56-69,62-33-13-3-14-34-62)63-35-15-4-16-36-63)70-50-53-75-82(58-70)90-83-59-71(87(64-37-17-5-18-38-64)65-39-19-6-20-40-65)57-81(84(75)83)89(66-41-21-7-22-42-66)67-43-23-8-24-44-67/h1-59H. The molecule has 0 saturated heterocycles. The van der Waals surface area contributed by atoms with Gasteiger partial charge in [-0.05, 0) is 164 Å². The van der Waals surface area contributed by atoms with Gasteiger partial charge in [0, 0.05) is 65.7 Å². The van der Waals surface area contributed by atoms with Crippen molar-refractivity contribution in [3.8, 4) is 22.3 Å². The summed E-state index contributed by atoms with van der Waals surface area (Å²) in [5, 5.41) is 2.39. The van der Waals surface area contributed by atoms with Gasteiger partial charge >= 0.3 is 0 Å². The van der Waals surface area contributed by atoms with Crippen molar-refractivity contribution in [2.45, 2.75) is 10.8 Å². The van der Waals surface area contributed by atoms with Gasteiger partial charge in [-0.25, -0.2) is 0 Å². The first-order valence-corrected chi connectivity index (χ1v) is 31.8. The lowest BCUT2D eigenvalue weighted by molar-refractivity contribution is 0.768. The highest BCUT2D eigenvalue weighted by Gasteiger charge is 2.48. The van der Waals surface area contributed by atoms with Crippen molar-refractivity contribution in [1.29, 1.82) is 0 Å². The number of benzene rings is 14. The molecule has 14 aromatic carbocycles. The quantitative estimate of drug-likeness (QED) is 0.114. The molecule has 0 saturated carbocycles. The predicted octanol–water partition coefficient (Wildman–Crippen LogP) is 23.2. The maximum atomic E-state index is 2.53. The topological polar surface area (TPSA) is 9.72 Å². The fourth-order valence-electron chi connectivity index (χ4n) is 15.1. The summed E-state index contributed by atoms with van der Waals surface area (Å²) < 4.78 is 2.38. The van der Waals surface area contributed by atoms with E-state index in [9.17, 15) is 0 Å². The second-order valence-electron chi connectivity index (χ2n) is 23.5. The van der Waals surface area contributed by atoms with Crippen LogP contribution in [0.2, 0.25) is 0 Å². The molecule has 17 rings (SSSR count). The Balaban J connectivity index is 0.934. The Hall–Kier alpha value is -11.3. The van der Waals surface area contributed by atoms with Gasteiger partial charge in [0.25, 0.3) is 0 Å². The van der Waals surface area contributed by atoms with Crippen LogP contribution in [-0.2, 0) is 10.8 Å². The number of hydrogen-bond donors (Lipinski definition) is 0. The minimum Gasteiger partial charge on any atom is -0.310 e. The van der Waals surface area contributed by atoms with Crippen LogP contribution in [-0.4, -0.2) is 0 Å². The van der Waals surface area contributed by atoms with E-state index < -0.39 is 10.8 Å². The van der Waals surface area contributed by atoms with Crippen LogP contribution in [0.25, 0.3) is 42.4 Å².